The first kappa shape index (κ1) is 10.2. The standard InChI is InChI=1S/C10H16N4O/c1-11-8-3-5-14(7-8)10(15)9-12-4-6-13(9)2/h4,6,8,11H,3,5,7H2,1-2H3. The van der Waals surface area contributed by atoms with Crippen molar-refractivity contribution in [3.05, 3.63) is 18.2 Å². The zero-order valence-electron chi connectivity index (χ0n) is 9.10. The Morgan fingerprint density at radius 2 is 2.47 bits per heavy atom. The topological polar surface area (TPSA) is 50.2 Å². The molecule has 0 saturated carbocycles. The Bertz CT molecular complexity index is 360. The van der Waals surface area contributed by atoms with Gasteiger partial charge < -0.3 is 14.8 Å². The van der Waals surface area contributed by atoms with Gasteiger partial charge in [0.1, 0.15) is 0 Å². The Morgan fingerprint density at radius 1 is 1.67 bits per heavy atom. The van der Waals surface area contributed by atoms with Crippen molar-refractivity contribution >= 4 is 5.91 Å². The average Bonchev–Trinajstić information content (AvgIpc) is 2.84. The number of nitrogens with one attached hydrogen (secondary N) is 1. The number of likely N-dealkylation sites (tertiary alicyclic amines) is 1. The molecule has 2 heterocycles. The summed E-state index contributed by atoms with van der Waals surface area (Å²) in [4.78, 5) is 17.9. The number of nitrogens with zero attached hydrogens (tertiary/aromatic N) is 3. The van der Waals surface area contributed by atoms with Gasteiger partial charge in [-0.3, -0.25) is 4.79 Å². The molecule has 1 amide bonds. The maximum atomic E-state index is 12.0. The average molecular weight is 208 g/mol. The number of rotatable bonds is 2. The largest absolute Gasteiger partial charge is 0.334 e. The summed E-state index contributed by atoms with van der Waals surface area (Å²) in [6.45, 7) is 1.60. The predicted molar refractivity (Wildman–Crippen MR) is 56.6 cm³/mol. The highest BCUT2D eigenvalue weighted by Crippen LogP contribution is 2.11. The number of amides is 1. The molecular weight excluding hydrogens is 192 g/mol. The van der Waals surface area contributed by atoms with Gasteiger partial charge in [-0.15, -0.1) is 0 Å². The quantitative estimate of drug-likeness (QED) is 0.735. The Balaban J connectivity index is 2.07. The van der Waals surface area contributed by atoms with E-state index in [1.807, 2.05) is 19.0 Å². The Kier molecular flexibility index (Phi) is 2.73. The van der Waals surface area contributed by atoms with Crippen molar-refractivity contribution in [2.75, 3.05) is 20.1 Å². The molecule has 1 aliphatic heterocycles. The highest BCUT2D eigenvalue weighted by molar-refractivity contribution is 5.91. The summed E-state index contributed by atoms with van der Waals surface area (Å²) in [6, 6.07) is 0.425. The van der Waals surface area contributed by atoms with E-state index in [1.54, 1.807) is 17.0 Å². The molecule has 1 fully saturated rings. The van der Waals surface area contributed by atoms with E-state index in [4.69, 9.17) is 0 Å². The molecule has 5 nitrogen and oxygen atoms in total. The summed E-state index contributed by atoms with van der Waals surface area (Å²) in [7, 11) is 3.77. The van der Waals surface area contributed by atoms with Gasteiger partial charge in [-0.25, -0.2) is 4.98 Å². The lowest BCUT2D eigenvalue weighted by Crippen LogP contribution is -2.34. The van der Waals surface area contributed by atoms with Gasteiger partial charge >= 0.3 is 0 Å². The highest BCUT2D eigenvalue weighted by atomic mass is 16.2. The number of hydrogen-bond acceptors (Lipinski definition) is 3. The molecule has 1 aromatic heterocycles. The molecule has 1 aliphatic rings. The van der Waals surface area contributed by atoms with Gasteiger partial charge in [0.2, 0.25) is 0 Å². The molecular formula is C10H16N4O. The first-order valence-electron chi connectivity index (χ1n) is 5.16. The van der Waals surface area contributed by atoms with Crippen LogP contribution in [0.15, 0.2) is 12.4 Å². The number of hydrogen-bond donors (Lipinski definition) is 1. The predicted octanol–water partition coefficient (Wildman–Crippen LogP) is -0.146. The number of aromatic nitrogens is 2. The van der Waals surface area contributed by atoms with Crippen LogP contribution in [0.1, 0.15) is 17.0 Å². The van der Waals surface area contributed by atoms with E-state index in [1.165, 1.54) is 0 Å². The van der Waals surface area contributed by atoms with E-state index in [0.717, 1.165) is 19.5 Å². The molecule has 1 saturated heterocycles. The Hall–Kier alpha value is -1.36. The van der Waals surface area contributed by atoms with Crippen LogP contribution in [-0.2, 0) is 7.05 Å². The summed E-state index contributed by atoms with van der Waals surface area (Å²) < 4.78 is 1.76. The molecule has 15 heavy (non-hydrogen) atoms. The van der Waals surface area contributed by atoms with Crippen molar-refractivity contribution in [3.63, 3.8) is 0 Å². The van der Waals surface area contributed by atoms with Crippen LogP contribution in [0.5, 0.6) is 0 Å². The van der Waals surface area contributed by atoms with E-state index < -0.39 is 0 Å². The summed E-state index contributed by atoms with van der Waals surface area (Å²) >= 11 is 0. The fourth-order valence-electron chi connectivity index (χ4n) is 1.89. The molecule has 0 aliphatic carbocycles. The molecule has 2 rings (SSSR count). The number of carbonyl (C=O) groups excluding carboxylic acids is 1. The van der Waals surface area contributed by atoms with Crippen molar-refractivity contribution in [3.8, 4) is 0 Å². The third-order valence-corrected chi connectivity index (χ3v) is 2.90. The van der Waals surface area contributed by atoms with Gasteiger partial charge in [0.05, 0.1) is 0 Å². The SMILES string of the molecule is CNC1CCN(C(=O)c2nccn2C)C1. The second-order valence-electron chi connectivity index (χ2n) is 3.89. The van der Waals surface area contributed by atoms with Gasteiger partial charge in [-0.1, -0.05) is 0 Å². The van der Waals surface area contributed by atoms with Crippen molar-refractivity contribution in [2.45, 2.75) is 12.5 Å². The van der Waals surface area contributed by atoms with Crippen LogP contribution in [0, 0.1) is 0 Å². The van der Waals surface area contributed by atoms with Crippen LogP contribution in [0.25, 0.3) is 0 Å². The van der Waals surface area contributed by atoms with Gasteiger partial charge in [-0.2, -0.15) is 0 Å². The van der Waals surface area contributed by atoms with E-state index in [9.17, 15) is 4.79 Å². The van der Waals surface area contributed by atoms with E-state index in [-0.39, 0.29) is 5.91 Å². The lowest BCUT2D eigenvalue weighted by molar-refractivity contribution is 0.0774. The summed E-state index contributed by atoms with van der Waals surface area (Å²) in [5.41, 5.74) is 0. The van der Waals surface area contributed by atoms with Crippen LogP contribution < -0.4 is 5.32 Å². The van der Waals surface area contributed by atoms with E-state index in [0.29, 0.717) is 11.9 Å². The Labute approximate surface area is 89.1 Å². The Morgan fingerprint density at radius 3 is 3.00 bits per heavy atom. The molecule has 0 radical (unpaired) electrons. The molecule has 1 N–H and O–H groups in total. The van der Waals surface area contributed by atoms with Crippen molar-refractivity contribution in [1.82, 2.24) is 19.8 Å². The zero-order chi connectivity index (χ0) is 10.8. The first-order chi connectivity index (χ1) is 7.22. The lowest BCUT2D eigenvalue weighted by atomic mass is 10.3. The molecule has 1 aromatic rings. The number of aryl methyl sites for hydroxylation is 1. The molecule has 82 valence electrons. The van der Waals surface area contributed by atoms with Crippen LogP contribution in [0.3, 0.4) is 0 Å². The molecule has 0 bridgehead atoms. The minimum atomic E-state index is 0.0280. The minimum Gasteiger partial charge on any atom is -0.334 e. The van der Waals surface area contributed by atoms with Gasteiger partial charge in [0.25, 0.3) is 5.91 Å². The molecule has 5 heteroatoms. The normalized spacial score (nSPS) is 20.9. The van der Waals surface area contributed by atoms with Crippen LogP contribution in [0.2, 0.25) is 0 Å². The van der Waals surface area contributed by atoms with Crippen LogP contribution in [0.4, 0.5) is 0 Å². The molecule has 0 aromatic carbocycles. The maximum Gasteiger partial charge on any atom is 0.289 e. The van der Waals surface area contributed by atoms with E-state index in [2.05, 4.69) is 10.3 Å². The van der Waals surface area contributed by atoms with E-state index >= 15 is 0 Å². The van der Waals surface area contributed by atoms with Crippen molar-refractivity contribution in [2.24, 2.45) is 7.05 Å². The maximum absolute atomic E-state index is 12.0. The van der Waals surface area contributed by atoms with Crippen LogP contribution in [-0.4, -0.2) is 46.5 Å². The number of likely N-dealkylation sites (N-methyl/N-ethyl adjacent to an activating group) is 1. The first-order valence-corrected chi connectivity index (χ1v) is 5.16. The number of imidazole rings is 1. The van der Waals surface area contributed by atoms with Gasteiger partial charge in [0, 0.05) is 38.6 Å². The summed E-state index contributed by atoms with van der Waals surface area (Å²) in [6.07, 6.45) is 4.46. The number of carbonyl (C=O) groups is 1. The van der Waals surface area contributed by atoms with Crippen molar-refractivity contribution < 1.29 is 4.79 Å². The fourth-order valence-corrected chi connectivity index (χ4v) is 1.89. The van der Waals surface area contributed by atoms with Crippen molar-refractivity contribution in [1.29, 1.82) is 0 Å². The monoisotopic (exact) mass is 208 g/mol. The third-order valence-electron chi connectivity index (χ3n) is 2.90. The third kappa shape index (κ3) is 1.87. The molecule has 1 atom stereocenters. The van der Waals surface area contributed by atoms with Crippen LogP contribution >= 0.6 is 0 Å². The van der Waals surface area contributed by atoms with Gasteiger partial charge in [0.15, 0.2) is 5.82 Å². The second kappa shape index (κ2) is 4.02. The highest BCUT2D eigenvalue weighted by Gasteiger charge is 2.27. The minimum absolute atomic E-state index is 0.0280. The second-order valence-corrected chi connectivity index (χ2v) is 3.89. The lowest BCUT2D eigenvalue weighted by Gasteiger charge is -2.15. The van der Waals surface area contributed by atoms with Gasteiger partial charge in [-0.05, 0) is 13.5 Å². The summed E-state index contributed by atoms with van der Waals surface area (Å²) in [5, 5.41) is 3.19. The fraction of sp³-hybridized carbons (Fsp3) is 0.600. The summed E-state index contributed by atoms with van der Waals surface area (Å²) in [5.74, 6) is 0.548. The zero-order valence-corrected chi connectivity index (χ0v) is 9.10. The molecule has 0 spiro atoms. The smallest absolute Gasteiger partial charge is 0.289 e. The molecule has 1 unspecified atom stereocenters.